The van der Waals surface area contributed by atoms with E-state index in [1.54, 1.807) is 0 Å². The standard InChI is InChI=1S/C16H24N2O/c1-18(2)11-5-10-17-16(19)12-14-9-8-13-6-3-4-7-15(13)14/h3-4,6-7,14H,5,8-12H2,1-2H3,(H,17,19)/t14-/m1/s1. The first-order valence-electron chi connectivity index (χ1n) is 7.16. The monoisotopic (exact) mass is 260 g/mol. The molecular formula is C16H24N2O. The Hall–Kier alpha value is -1.35. The summed E-state index contributed by atoms with van der Waals surface area (Å²) >= 11 is 0. The molecule has 0 bridgehead atoms. The van der Waals surface area contributed by atoms with Crippen molar-refractivity contribution in [3.05, 3.63) is 35.4 Å². The molecule has 0 aliphatic heterocycles. The van der Waals surface area contributed by atoms with E-state index in [-0.39, 0.29) is 5.91 Å². The normalized spacial score (nSPS) is 17.5. The fourth-order valence-electron chi connectivity index (χ4n) is 2.78. The highest BCUT2D eigenvalue weighted by Crippen LogP contribution is 2.34. The number of rotatable bonds is 6. The quantitative estimate of drug-likeness (QED) is 0.795. The zero-order chi connectivity index (χ0) is 13.7. The zero-order valence-corrected chi connectivity index (χ0v) is 12.0. The van der Waals surface area contributed by atoms with Crippen molar-refractivity contribution in [1.82, 2.24) is 10.2 Å². The molecule has 0 aromatic heterocycles. The molecule has 3 nitrogen and oxygen atoms in total. The summed E-state index contributed by atoms with van der Waals surface area (Å²) in [6.45, 7) is 1.80. The van der Waals surface area contributed by atoms with Crippen LogP contribution in [0.2, 0.25) is 0 Å². The summed E-state index contributed by atoms with van der Waals surface area (Å²) in [5.41, 5.74) is 2.80. The van der Waals surface area contributed by atoms with E-state index in [0.29, 0.717) is 12.3 Å². The van der Waals surface area contributed by atoms with Crippen molar-refractivity contribution in [2.45, 2.75) is 31.6 Å². The highest BCUT2D eigenvalue weighted by molar-refractivity contribution is 5.77. The van der Waals surface area contributed by atoms with Crippen molar-refractivity contribution >= 4 is 5.91 Å². The van der Waals surface area contributed by atoms with Gasteiger partial charge in [-0.15, -0.1) is 0 Å². The molecule has 1 aliphatic rings. The van der Waals surface area contributed by atoms with E-state index >= 15 is 0 Å². The third-order valence-electron chi connectivity index (χ3n) is 3.79. The summed E-state index contributed by atoms with van der Waals surface area (Å²) in [6.07, 6.45) is 3.89. The van der Waals surface area contributed by atoms with E-state index in [4.69, 9.17) is 0 Å². The fourth-order valence-corrected chi connectivity index (χ4v) is 2.78. The van der Waals surface area contributed by atoms with Crippen LogP contribution in [0, 0.1) is 0 Å². The number of fused-ring (bicyclic) bond motifs is 1. The topological polar surface area (TPSA) is 32.3 Å². The number of carbonyl (C=O) groups excluding carboxylic acids is 1. The number of amides is 1. The van der Waals surface area contributed by atoms with Crippen LogP contribution in [0.3, 0.4) is 0 Å². The molecule has 3 heteroatoms. The average Bonchev–Trinajstić information content (AvgIpc) is 2.78. The van der Waals surface area contributed by atoms with Crippen LogP contribution in [0.15, 0.2) is 24.3 Å². The van der Waals surface area contributed by atoms with Gasteiger partial charge in [-0.2, -0.15) is 0 Å². The molecule has 0 spiro atoms. The first-order valence-corrected chi connectivity index (χ1v) is 7.16. The van der Waals surface area contributed by atoms with Crippen LogP contribution in [0.4, 0.5) is 0 Å². The van der Waals surface area contributed by atoms with E-state index in [1.807, 2.05) is 0 Å². The maximum Gasteiger partial charge on any atom is 0.220 e. The van der Waals surface area contributed by atoms with Gasteiger partial charge in [0.25, 0.3) is 0 Å². The second kappa shape index (κ2) is 6.71. The number of nitrogens with zero attached hydrogens (tertiary/aromatic N) is 1. The van der Waals surface area contributed by atoms with Crippen molar-refractivity contribution in [1.29, 1.82) is 0 Å². The van der Waals surface area contributed by atoms with Crippen molar-refractivity contribution in [2.75, 3.05) is 27.2 Å². The zero-order valence-electron chi connectivity index (χ0n) is 12.0. The Balaban J connectivity index is 1.75. The fraction of sp³-hybridized carbons (Fsp3) is 0.562. The smallest absolute Gasteiger partial charge is 0.220 e. The van der Waals surface area contributed by atoms with Crippen LogP contribution < -0.4 is 5.32 Å². The number of aryl methyl sites for hydroxylation is 1. The molecule has 1 aliphatic carbocycles. The lowest BCUT2D eigenvalue weighted by Crippen LogP contribution is -2.28. The van der Waals surface area contributed by atoms with E-state index in [9.17, 15) is 4.79 Å². The summed E-state index contributed by atoms with van der Waals surface area (Å²) in [5.74, 6) is 0.616. The number of benzene rings is 1. The van der Waals surface area contributed by atoms with Gasteiger partial charge in [-0.25, -0.2) is 0 Å². The van der Waals surface area contributed by atoms with Crippen LogP contribution in [0.5, 0.6) is 0 Å². The van der Waals surface area contributed by atoms with Crippen LogP contribution in [-0.4, -0.2) is 38.0 Å². The molecule has 0 heterocycles. The Morgan fingerprint density at radius 1 is 1.37 bits per heavy atom. The van der Waals surface area contributed by atoms with E-state index < -0.39 is 0 Å². The molecule has 1 aromatic carbocycles. The van der Waals surface area contributed by atoms with Gasteiger partial charge in [-0.05, 0) is 56.9 Å². The highest BCUT2D eigenvalue weighted by atomic mass is 16.1. The van der Waals surface area contributed by atoms with Gasteiger partial charge in [0.2, 0.25) is 5.91 Å². The summed E-state index contributed by atoms with van der Waals surface area (Å²) in [7, 11) is 4.11. The van der Waals surface area contributed by atoms with Crippen LogP contribution >= 0.6 is 0 Å². The SMILES string of the molecule is CN(C)CCCNC(=O)C[C@H]1CCc2ccccc21. The number of hydrogen-bond acceptors (Lipinski definition) is 2. The van der Waals surface area contributed by atoms with Crippen LogP contribution in [-0.2, 0) is 11.2 Å². The molecular weight excluding hydrogens is 236 g/mol. The Morgan fingerprint density at radius 3 is 2.95 bits per heavy atom. The summed E-state index contributed by atoms with van der Waals surface area (Å²) in [6, 6.07) is 8.52. The van der Waals surface area contributed by atoms with Crippen LogP contribution in [0.1, 0.15) is 36.3 Å². The Bertz CT molecular complexity index is 429. The maximum absolute atomic E-state index is 11.9. The molecule has 2 rings (SSSR count). The van der Waals surface area contributed by atoms with Gasteiger partial charge in [0.15, 0.2) is 0 Å². The maximum atomic E-state index is 11.9. The van der Waals surface area contributed by atoms with E-state index in [2.05, 4.69) is 48.6 Å². The molecule has 0 unspecified atom stereocenters. The van der Waals surface area contributed by atoms with Gasteiger partial charge in [-0.3, -0.25) is 4.79 Å². The lowest BCUT2D eigenvalue weighted by molar-refractivity contribution is -0.121. The number of nitrogens with one attached hydrogen (secondary N) is 1. The predicted molar refractivity (Wildman–Crippen MR) is 78.3 cm³/mol. The predicted octanol–water partition coefficient (Wildman–Crippen LogP) is 2.17. The summed E-state index contributed by atoms with van der Waals surface area (Å²) in [4.78, 5) is 14.1. The first-order chi connectivity index (χ1) is 9.16. The Kier molecular flexibility index (Phi) is 4.97. The average molecular weight is 260 g/mol. The number of carbonyl (C=O) groups is 1. The molecule has 0 saturated heterocycles. The molecule has 0 fully saturated rings. The second-order valence-electron chi connectivity index (χ2n) is 5.65. The first kappa shape index (κ1) is 14.1. The van der Waals surface area contributed by atoms with Gasteiger partial charge < -0.3 is 10.2 Å². The minimum Gasteiger partial charge on any atom is -0.356 e. The Labute approximate surface area is 116 Å². The summed E-state index contributed by atoms with van der Waals surface area (Å²) in [5, 5.41) is 3.03. The van der Waals surface area contributed by atoms with E-state index in [0.717, 1.165) is 32.4 Å². The second-order valence-corrected chi connectivity index (χ2v) is 5.65. The molecule has 0 radical (unpaired) electrons. The van der Waals surface area contributed by atoms with Crippen LogP contribution in [0.25, 0.3) is 0 Å². The molecule has 104 valence electrons. The largest absolute Gasteiger partial charge is 0.356 e. The van der Waals surface area contributed by atoms with Gasteiger partial charge in [-0.1, -0.05) is 24.3 Å². The molecule has 1 N–H and O–H groups in total. The molecule has 1 aromatic rings. The van der Waals surface area contributed by atoms with Crippen molar-refractivity contribution in [3.8, 4) is 0 Å². The third-order valence-corrected chi connectivity index (χ3v) is 3.79. The minimum atomic E-state index is 0.195. The molecule has 0 saturated carbocycles. The van der Waals surface area contributed by atoms with Crippen molar-refractivity contribution in [3.63, 3.8) is 0 Å². The van der Waals surface area contributed by atoms with Gasteiger partial charge in [0, 0.05) is 13.0 Å². The van der Waals surface area contributed by atoms with Gasteiger partial charge >= 0.3 is 0 Å². The van der Waals surface area contributed by atoms with Crippen molar-refractivity contribution in [2.24, 2.45) is 0 Å². The Morgan fingerprint density at radius 2 is 2.16 bits per heavy atom. The molecule has 19 heavy (non-hydrogen) atoms. The van der Waals surface area contributed by atoms with Gasteiger partial charge in [0.05, 0.1) is 0 Å². The molecule has 1 atom stereocenters. The lowest BCUT2D eigenvalue weighted by Gasteiger charge is -2.13. The van der Waals surface area contributed by atoms with E-state index in [1.165, 1.54) is 11.1 Å². The molecule has 1 amide bonds. The lowest BCUT2D eigenvalue weighted by atomic mass is 9.97. The number of hydrogen-bond donors (Lipinski definition) is 1. The highest BCUT2D eigenvalue weighted by Gasteiger charge is 2.23. The van der Waals surface area contributed by atoms with Crippen molar-refractivity contribution < 1.29 is 4.79 Å². The third kappa shape index (κ3) is 4.06. The summed E-state index contributed by atoms with van der Waals surface area (Å²) < 4.78 is 0. The minimum absolute atomic E-state index is 0.195. The van der Waals surface area contributed by atoms with Gasteiger partial charge in [0.1, 0.15) is 0 Å².